The highest BCUT2D eigenvalue weighted by Gasteiger charge is 2.09. The number of benzene rings is 2. The van der Waals surface area contributed by atoms with Gasteiger partial charge in [-0.1, -0.05) is 47.8 Å². The predicted molar refractivity (Wildman–Crippen MR) is 98.6 cm³/mol. The first-order valence-electron chi connectivity index (χ1n) is 7.45. The van der Waals surface area contributed by atoms with E-state index in [4.69, 9.17) is 0 Å². The topological polar surface area (TPSA) is 74.4 Å². The lowest BCUT2D eigenvalue weighted by Gasteiger charge is -1.97. The number of nitrogens with one attached hydrogen (secondary N) is 2. The van der Waals surface area contributed by atoms with Crippen LogP contribution < -0.4 is 0 Å². The molecule has 0 unspecified atom stereocenters. The van der Waals surface area contributed by atoms with E-state index in [1.54, 1.807) is 0 Å². The summed E-state index contributed by atoms with van der Waals surface area (Å²) in [5.41, 5.74) is 3.82. The molecule has 0 radical (unpaired) electrons. The van der Waals surface area contributed by atoms with Crippen LogP contribution in [0.5, 0.6) is 0 Å². The third-order valence-electron chi connectivity index (χ3n) is 3.48. The van der Waals surface area contributed by atoms with Crippen LogP contribution in [0, 0.1) is 0 Å². The quantitative estimate of drug-likeness (QED) is 0.514. The van der Waals surface area contributed by atoms with E-state index < -0.39 is 0 Å². The number of imidazole rings is 2. The van der Waals surface area contributed by atoms with Gasteiger partial charge in [0.15, 0.2) is 16.1 Å². The summed E-state index contributed by atoms with van der Waals surface area (Å²) in [6, 6.07) is 15.7. The second kappa shape index (κ2) is 6.70. The number of fused-ring (bicyclic) bond motifs is 2. The van der Waals surface area contributed by atoms with Crippen molar-refractivity contribution in [2.45, 2.75) is 10.3 Å². The van der Waals surface area contributed by atoms with Crippen LogP contribution in [0.15, 0.2) is 58.8 Å². The monoisotopic (exact) mass is 354 g/mol. The molecule has 120 valence electrons. The molecule has 24 heavy (non-hydrogen) atoms. The minimum atomic E-state index is 0.158. The maximum atomic E-state index is 12.1. The number of carbonyl (C=O) groups is 1. The zero-order chi connectivity index (χ0) is 16.4. The van der Waals surface area contributed by atoms with Crippen LogP contribution in [0.3, 0.4) is 0 Å². The van der Waals surface area contributed by atoms with E-state index in [9.17, 15) is 4.79 Å². The Morgan fingerprint density at radius 2 is 1.25 bits per heavy atom. The van der Waals surface area contributed by atoms with Crippen LogP contribution in [-0.4, -0.2) is 37.2 Å². The molecule has 0 amide bonds. The molecule has 0 aliphatic carbocycles. The molecule has 0 bridgehead atoms. The fourth-order valence-electron chi connectivity index (χ4n) is 2.33. The molecule has 2 aromatic heterocycles. The molecule has 0 atom stereocenters. The average molecular weight is 354 g/mol. The van der Waals surface area contributed by atoms with E-state index in [0.717, 1.165) is 32.4 Å². The Morgan fingerprint density at radius 1 is 0.792 bits per heavy atom. The van der Waals surface area contributed by atoms with Gasteiger partial charge in [0.1, 0.15) is 0 Å². The number of H-pyrrole nitrogens is 2. The van der Waals surface area contributed by atoms with E-state index in [1.165, 1.54) is 23.5 Å². The smallest absolute Gasteiger partial charge is 0.166 e. The number of ketones is 1. The van der Waals surface area contributed by atoms with E-state index in [0.29, 0.717) is 11.5 Å². The zero-order valence-electron chi connectivity index (χ0n) is 12.7. The maximum absolute atomic E-state index is 12.1. The second-order valence-electron chi connectivity index (χ2n) is 5.23. The molecule has 2 aromatic carbocycles. The number of hydrogen-bond acceptors (Lipinski definition) is 5. The van der Waals surface area contributed by atoms with Crippen molar-refractivity contribution in [3.05, 3.63) is 48.5 Å². The van der Waals surface area contributed by atoms with Crippen molar-refractivity contribution in [1.29, 1.82) is 0 Å². The van der Waals surface area contributed by atoms with Gasteiger partial charge in [-0.3, -0.25) is 4.79 Å². The van der Waals surface area contributed by atoms with Crippen LogP contribution in [0.25, 0.3) is 22.1 Å². The van der Waals surface area contributed by atoms with Crippen molar-refractivity contribution in [1.82, 2.24) is 19.9 Å². The number of para-hydroxylation sites is 4. The van der Waals surface area contributed by atoms with Gasteiger partial charge in [-0.15, -0.1) is 0 Å². The van der Waals surface area contributed by atoms with Gasteiger partial charge >= 0.3 is 0 Å². The van der Waals surface area contributed by atoms with Crippen molar-refractivity contribution >= 4 is 51.4 Å². The summed E-state index contributed by atoms with van der Waals surface area (Å²) in [4.78, 5) is 27.5. The summed E-state index contributed by atoms with van der Waals surface area (Å²) in [6.07, 6.45) is 0. The molecular weight excluding hydrogens is 340 g/mol. The standard InChI is InChI=1S/C17H14N4OS2/c22-11(9-23-16-18-12-5-1-2-6-13(12)19-16)10-24-17-20-14-7-3-4-8-15(14)21-17/h1-8H,9-10H2,(H,18,19)(H,20,21). The highest BCUT2D eigenvalue weighted by atomic mass is 32.2. The summed E-state index contributed by atoms with van der Waals surface area (Å²) in [5, 5.41) is 1.55. The summed E-state index contributed by atoms with van der Waals surface area (Å²) >= 11 is 2.87. The normalized spacial score (nSPS) is 11.3. The summed E-state index contributed by atoms with van der Waals surface area (Å²) in [5.74, 6) is 0.950. The molecule has 4 aromatic rings. The van der Waals surface area contributed by atoms with Crippen molar-refractivity contribution in [2.75, 3.05) is 11.5 Å². The number of Topliss-reactive ketones (excluding diaryl/α,β-unsaturated/α-hetero) is 1. The Labute approximate surface area is 146 Å². The molecule has 0 aliphatic rings. The van der Waals surface area contributed by atoms with Crippen molar-refractivity contribution in [2.24, 2.45) is 0 Å². The zero-order valence-corrected chi connectivity index (χ0v) is 14.3. The number of carbonyl (C=O) groups excluding carboxylic acids is 1. The van der Waals surface area contributed by atoms with E-state index >= 15 is 0 Å². The molecule has 7 heteroatoms. The summed E-state index contributed by atoms with van der Waals surface area (Å²) < 4.78 is 0. The Morgan fingerprint density at radius 3 is 1.71 bits per heavy atom. The first-order chi connectivity index (χ1) is 11.8. The maximum Gasteiger partial charge on any atom is 0.166 e. The molecule has 2 N–H and O–H groups in total. The van der Waals surface area contributed by atoms with Gasteiger partial charge in [-0.05, 0) is 24.3 Å². The number of hydrogen-bond donors (Lipinski definition) is 2. The Kier molecular flexibility index (Phi) is 4.27. The number of nitrogens with zero attached hydrogens (tertiary/aromatic N) is 2. The van der Waals surface area contributed by atoms with Gasteiger partial charge in [0, 0.05) is 0 Å². The molecule has 2 heterocycles. The SMILES string of the molecule is O=C(CSc1nc2ccccc2[nH]1)CSc1nc2ccccc2[nH]1. The van der Waals surface area contributed by atoms with Crippen molar-refractivity contribution in [3.63, 3.8) is 0 Å². The average Bonchev–Trinajstić information content (AvgIpc) is 3.21. The predicted octanol–water partition coefficient (Wildman–Crippen LogP) is 3.89. The number of aromatic nitrogens is 4. The fourth-order valence-corrected chi connectivity index (χ4v) is 3.95. The van der Waals surface area contributed by atoms with Crippen LogP contribution >= 0.6 is 23.5 Å². The van der Waals surface area contributed by atoms with Crippen LogP contribution in [0.2, 0.25) is 0 Å². The number of aromatic amines is 2. The minimum Gasteiger partial charge on any atom is -0.333 e. The largest absolute Gasteiger partial charge is 0.333 e. The third kappa shape index (κ3) is 3.32. The molecule has 0 aliphatic heterocycles. The summed E-state index contributed by atoms with van der Waals surface area (Å²) in [6.45, 7) is 0. The van der Waals surface area contributed by atoms with Crippen molar-refractivity contribution in [3.8, 4) is 0 Å². The van der Waals surface area contributed by atoms with Crippen LogP contribution in [0.1, 0.15) is 0 Å². The Bertz CT molecular complexity index is 862. The second-order valence-corrected chi connectivity index (χ2v) is 7.16. The first-order valence-corrected chi connectivity index (χ1v) is 9.42. The van der Waals surface area contributed by atoms with Gasteiger partial charge in [0.2, 0.25) is 0 Å². The Hall–Kier alpha value is -2.25. The molecule has 0 saturated heterocycles. The van der Waals surface area contributed by atoms with Gasteiger partial charge in [-0.2, -0.15) is 0 Å². The third-order valence-corrected chi connectivity index (χ3v) is 5.34. The summed E-state index contributed by atoms with van der Waals surface area (Å²) in [7, 11) is 0. The highest BCUT2D eigenvalue weighted by molar-refractivity contribution is 8.01. The lowest BCUT2D eigenvalue weighted by molar-refractivity contribution is -0.114. The van der Waals surface area contributed by atoms with E-state index in [-0.39, 0.29) is 5.78 Å². The van der Waals surface area contributed by atoms with E-state index in [1.807, 2.05) is 48.5 Å². The van der Waals surface area contributed by atoms with Gasteiger partial charge in [0.25, 0.3) is 0 Å². The van der Waals surface area contributed by atoms with Gasteiger partial charge < -0.3 is 9.97 Å². The van der Waals surface area contributed by atoms with E-state index in [2.05, 4.69) is 19.9 Å². The molecular formula is C17H14N4OS2. The van der Waals surface area contributed by atoms with Gasteiger partial charge in [-0.25, -0.2) is 9.97 Å². The fraction of sp³-hybridized carbons (Fsp3) is 0.118. The van der Waals surface area contributed by atoms with Crippen molar-refractivity contribution < 1.29 is 4.79 Å². The van der Waals surface area contributed by atoms with Crippen LogP contribution in [-0.2, 0) is 4.79 Å². The first kappa shape index (κ1) is 15.3. The lowest BCUT2D eigenvalue weighted by atomic mass is 10.3. The lowest BCUT2D eigenvalue weighted by Crippen LogP contribution is -2.05. The number of thioether (sulfide) groups is 2. The molecule has 0 saturated carbocycles. The minimum absolute atomic E-state index is 0.158. The molecule has 5 nitrogen and oxygen atoms in total. The number of rotatable bonds is 6. The van der Waals surface area contributed by atoms with Crippen LogP contribution in [0.4, 0.5) is 0 Å². The van der Waals surface area contributed by atoms with Gasteiger partial charge in [0.05, 0.1) is 33.6 Å². The molecule has 0 spiro atoms. The molecule has 4 rings (SSSR count). The molecule has 0 fully saturated rings. The highest BCUT2D eigenvalue weighted by Crippen LogP contribution is 2.22. The Balaban J connectivity index is 1.33.